The third-order valence-corrected chi connectivity index (χ3v) is 2.81. The molecule has 0 spiro atoms. The molecule has 0 aliphatic rings. The second-order valence-corrected chi connectivity index (χ2v) is 5.50. The summed E-state index contributed by atoms with van der Waals surface area (Å²) in [6.45, 7) is 9.81. The van der Waals surface area contributed by atoms with Crippen molar-refractivity contribution in [2.45, 2.75) is 26.2 Å². The summed E-state index contributed by atoms with van der Waals surface area (Å²) in [5.41, 5.74) is 0.603. The highest BCUT2D eigenvalue weighted by atomic mass is 35.5. The molecular formula is C13H19ClN4O2. The first-order valence-corrected chi connectivity index (χ1v) is 6.44. The third-order valence-electron chi connectivity index (χ3n) is 2.53. The molecule has 1 aromatic heterocycles. The fourth-order valence-electron chi connectivity index (χ4n) is 1.49. The molecule has 1 heterocycles. The van der Waals surface area contributed by atoms with Crippen LogP contribution in [0.3, 0.4) is 0 Å². The van der Waals surface area contributed by atoms with E-state index in [2.05, 4.69) is 22.1 Å². The van der Waals surface area contributed by atoms with Crippen molar-refractivity contribution in [2.24, 2.45) is 0 Å². The molecule has 20 heavy (non-hydrogen) atoms. The first-order valence-electron chi connectivity index (χ1n) is 6.06. The minimum atomic E-state index is -0.455. The number of rotatable bonds is 4. The van der Waals surface area contributed by atoms with Crippen LogP contribution in [0, 0.1) is 0 Å². The maximum absolute atomic E-state index is 11.9. The second-order valence-electron chi connectivity index (χ2n) is 5.15. The number of nitrogens with zero attached hydrogens (tertiary/aromatic N) is 3. The molecule has 1 N–H and O–H groups in total. The predicted molar refractivity (Wildman–Crippen MR) is 78.7 cm³/mol. The molecular weight excluding hydrogens is 280 g/mol. The van der Waals surface area contributed by atoms with E-state index in [4.69, 9.17) is 16.4 Å². The third kappa shape index (κ3) is 4.18. The number of hydrogen-bond donors (Lipinski definition) is 1. The molecule has 0 aliphatic carbocycles. The van der Waals surface area contributed by atoms with Crippen molar-refractivity contribution in [3.8, 4) is 0 Å². The Morgan fingerprint density at radius 1 is 1.55 bits per heavy atom. The van der Waals surface area contributed by atoms with Gasteiger partial charge in [0.15, 0.2) is 11.0 Å². The molecule has 6 nitrogen and oxygen atoms in total. The molecule has 0 bridgehead atoms. The highest BCUT2D eigenvalue weighted by Gasteiger charge is 2.21. The lowest BCUT2D eigenvalue weighted by Gasteiger charge is -2.21. The molecule has 7 heteroatoms. The lowest BCUT2D eigenvalue weighted by molar-refractivity contribution is -0.0725. The van der Waals surface area contributed by atoms with E-state index >= 15 is 0 Å². The molecule has 110 valence electrons. The van der Waals surface area contributed by atoms with Gasteiger partial charge in [-0.05, 0) is 11.5 Å². The highest BCUT2D eigenvalue weighted by molar-refractivity contribution is 6.30. The van der Waals surface area contributed by atoms with Crippen molar-refractivity contribution in [2.75, 3.05) is 19.0 Å². The smallest absolute Gasteiger partial charge is 0.289 e. The summed E-state index contributed by atoms with van der Waals surface area (Å²) in [6.07, 6.45) is 1.55. The van der Waals surface area contributed by atoms with Crippen LogP contribution in [0.15, 0.2) is 18.7 Å². The van der Waals surface area contributed by atoms with Gasteiger partial charge in [-0.3, -0.25) is 10.2 Å². The van der Waals surface area contributed by atoms with Gasteiger partial charge in [-0.25, -0.2) is 4.79 Å². The molecule has 0 aliphatic heterocycles. The number of anilines is 1. The Morgan fingerprint density at radius 2 is 2.20 bits per heavy atom. The van der Waals surface area contributed by atoms with E-state index in [0.717, 1.165) is 10.6 Å². The summed E-state index contributed by atoms with van der Waals surface area (Å²) >= 11 is 6.02. The van der Waals surface area contributed by atoms with Crippen LogP contribution in [0.5, 0.6) is 0 Å². The van der Waals surface area contributed by atoms with Crippen molar-refractivity contribution in [1.82, 2.24) is 15.3 Å². The van der Waals surface area contributed by atoms with Gasteiger partial charge in [-0.15, -0.1) is 16.8 Å². The Bertz CT molecular complexity index is 500. The number of nitrogens with one attached hydrogen (secondary N) is 1. The normalized spacial score (nSPS) is 11.1. The maximum Gasteiger partial charge on any atom is 0.347 e. The van der Waals surface area contributed by atoms with Crippen LogP contribution in [0.4, 0.5) is 10.6 Å². The minimum Gasteiger partial charge on any atom is -0.289 e. The molecule has 0 aromatic carbocycles. The molecule has 1 rings (SSSR count). The summed E-state index contributed by atoms with van der Waals surface area (Å²) in [5.74, 6) is 0.315. The SMILES string of the molecule is C=CCN(OC)C(=O)Nc1cc(C(C)(C)C)c(Cl)nn1. The summed E-state index contributed by atoms with van der Waals surface area (Å²) in [6, 6.07) is 1.25. The number of aromatic nitrogens is 2. The monoisotopic (exact) mass is 298 g/mol. The van der Waals surface area contributed by atoms with E-state index in [-0.39, 0.29) is 12.0 Å². The minimum absolute atomic E-state index is 0.200. The van der Waals surface area contributed by atoms with Crippen molar-refractivity contribution in [3.63, 3.8) is 0 Å². The van der Waals surface area contributed by atoms with Crippen molar-refractivity contribution >= 4 is 23.4 Å². The summed E-state index contributed by atoms with van der Waals surface area (Å²) in [7, 11) is 1.40. The second kappa shape index (κ2) is 6.67. The van der Waals surface area contributed by atoms with Gasteiger partial charge in [0.05, 0.1) is 13.7 Å². The zero-order chi connectivity index (χ0) is 15.3. The van der Waals surface area contributed by atoms with Gasteiger partial charge in [0, 0.05) is 5.56 Å². The zero-order valence-electron chi connectivity index (χ0n) is 12.1. The molecule has 0 unspecified atom stereocenters. The number of carbonyl (C=O) groups excluding carboxylic acids is 1. The summed E-state index contributed by atoms with van der Waals surface area (Å²) < 4.78 is 0. The van der Waals surface area contributed by atoms with Gasteiger partial charge in [-0.2, -0.15) is 5.06 Å². The van der Waals surface area contributed by atoms with E-state index in [9.17, 15) is 4.79 Å². The van der Waals surface area contributed by atoms with Crippen LogP contribution in [0.2, 0.25) is 5.15 Å². The lowest BCUT2D eigenvalue weighted by atomic mass is 9.88. The standard InChI is InChI=1S/C13H19ClN4O2/c1-6-7-18(20-5)12(19)15-10-8-9(13(2,3)4)11(14)17-16-10/h6,8H,1,7H2,2-5H3,(H,15,16,19). The van der Waals surface area contributed by atoms with Crippen LogP contribution in [-0.2, 0) is 10.3 Å². The van der Waals surface area contributed by atoms with E-state index in [0.29, 0.717) is 11.0 Å². The quantitative estimate of drug-likeness (QED) is 0.685. The number of amides is 2. The topological polar surface area (TPSA) is 67.3 Å². The first-order chi connectivity index (χ1) is 9.29. The van der Waals surface area contributed by atoms with Gasteiger partial charge >= 0.3 is 6.03 Å². The Hall–Kier alpha value is -1.66. The van der Waals surface area contributed by atoms with Crippen LogP contribution in [-0.4, -0.2) is 34.9 Å². The molecule has 0 fully saturated rings. The van der Waals surface area contributed by atoms with Gasteiger partial charge in [0.2, 0.25) is 0 Å². The number of hydroxylamine groups is 2. The Balaban J connectivity index is 2.93. The lowest BCUT2D eigenvalue weighted by Crippen LogP contribution is -2.34. The number of hydrogen-bond acceptors (Lipinski definition) is 4. The Kier molecular flexibility index (Phi) is 5.47. The molecule has 2 amide bonds. The fourth-order valence-corrected chi connectivity index (χ4v) is 1.87. The molecule has 0 radical (unpaired) electrons. The van der Waals surface area contributed by atoms with Crippen LogP contribution < -0.4 is 5.32 Å². The van der Waals surface area contributed by atoms with E-state index in [1.165, 1.54) is 7.11 Å². The first kappa shape index (κ1) is 16.4. The zero-order valence-corrected chi connectivity index (χ0v) is 12.9. The fraction of sp³-hybridized carbons (Fsp3) is 0.462. The van der Waals surface area contributed by atoms with Gasteiger partial charge in [-0.1, -0.05) is 38.4 Å². The molecule has 0 saturated carbocycles. The number of urea groups is 1. The molecule has 1 aromatic rings. The highest BCUT2D eigenvalue weighted by Crippen LogP contribution is 2.28. The van der Waals surface area contributed by atoms with Gasteiger partial charge < -0.3 is 0 Å². The van der Waals surface area contributed by atoms with Crippen molar-refractivity contribution in [1.29, 1.82) is 0 Å². The van der Waals surface area contributed by atoms with Crippen molar-refractivity contribution in [3.05, 3.63) is 29.4 Å². The van der Waals surface area contributed by atoms with E-state index < -0.39 is 6.03 Å². The number of carbonyl (C=O) groups is 1. The molecule has 0 atom stereocenters. The largest absolute Gasteiger partial charge is 0.347 e. The number of halogens is 1. The summed E-state index contributed by atoms with van der Waals surface area (Å²) in [4.78, 5) is 16.8. The Morgan fingerprint density at radius 3 is 2.70 bits per heavy atom. The maximum atomic E-state index is 11.9. The van der Waals surface area contributed by atoms with Crippen LogP contribution >= 0.6 is 11.6 Å². The van der Waals surface area contributed by atoms with E-state index in [1.807, 2.05) is 20.8 Å². The van der Waals surface area contributed by atoms with E-state index in [1.54, 1.807) is 12.1 Å². The van der Waals surface area contributed by atoms with Crippen molar-refractivity contribution < 1.29 is 9.63 Å². The predicted octanol–water partition coefficient (Wildman–Crippen LogP) is 3.01. The summed E-state index contributed by atoms with van der Waals surface area (Å²) in [5, 5.41) is 11.7. The average molecular weight is 299 g/mol. The Labute approximate surface area is 123 Å². The molecule has 0 saturated heterocycles. The van der Waals surface area contributed by atoms with Gasteiger partial charge in [0.25, 0.3) is 0 Å². The van der Waals surface area contributed by atoms with Gasteiger partial charge in [0.1, 0.15) is 0 Å². The van der Waals surface area contributed by atoms with Crippen LogP contribution in [0.25, 0.3) is 0 Å². The van der Waals surface area contributed by atoms with Crippen LogP contribution in [0.1, 0.15) is 26.3 Å². The average Bonchev–Trinajstić information content (AvgIpc) is 2.36.